The van der Waals surface area contributed by atoms with Gasteiger partial charge in [-0.3, -0.25) is 0 Å². The standard InChI is InChI=1S/C14H20BrNO2S2/c1-10-9-12(19-13(10)15)20(17,18)16-7-5-11(6-8-16)14(2,3)4/h5,9H,6-8H2,1-4H3. The first-order chi connectivity index (χ1) is 9.12. The van der Waals surface area contributed by atoms with E-state index in [0.717, 1.165) is 15.8 Å². The Bertz CT molecular complexity index is 619. The summed E-state index contributed by atoms with van der Waals surface area (Å²) in [4.78, 5) is 0. The highest BCUT2D eigenvalue weighted by Crippen LogP contribution is 2.35. The highest BCUT2D eigenvalue weighted by atomic mass is 79.9. The van der Waals surface area contributed by atoms with Gasteiger partial charge in [0.1, 0.15) is 4.21 Å². The van der Waals surface area contributed by atoms with Gasteiger partial charge in [0, 0.05) is 13.1 Å². The minimum atomic E-state index is -3.36. The zero-order valence-corrected chi connectivity index (χ0v) is 15.5. The van der Waals surface area contributed by atoms with Crippen LogP contribution in [0.1, 0.15) is 32.8 Å². The molecule has 1 aliphatic rings. The third-order valence-corrected chi connectivity index (χ3v) is 8.01. The van der Waals surface area contributed by atoms with Crippen LogP contribution in [0.15, 0.2) is 25.7 Å². The molecule has 112 valence electrons. The second kappa shape index (κ2) is 5.55. The maximum absolute atomic E-state index is 12.6. The van der Waals surface area contributed by atoms with Crippen LogP contribution in [0.3, 0.4) is 0 Å². The summed E-state index contributed by atoms with van der Waals surface area (Å²) in [6.07, 6.45) is 2.88. The van der Waals surface area contributed by atoms with Crippen molar-refractivity contribution in [3.05, 3.63) is 27.1 Å². The Kier molecular flexibility index (Phi) is 4.50. The minimum absolute atomic E-state index is 0.123. The van der Waals surface area contributed by atoms with E-state index >= 15 is 0 Å². The highest BCUT2D eigenvalue weighted by molar-refractivity contribution is 9.11. The molecule has 0 amide bonds. The number of rotatable bonds is 2. The van der Waals surface area contributed by atoms with E-state index in [2.05, 4.69) is 42.8 Å². The molecule has 1 aromatic rings. The Labute approximate surface area is 133 Å². The van der Waals surface area contributed by atoms with E-state index in [1.807, 2.05) is 6.92 Å². The molecule has 2 rings (SSSR count). The number of hydrogen-bond donors (Lipinski definition) is 0. The Hall–Kier alpha value is -0.170. The van der Waals surface area contributed by atoms with Gasteiger partial charge in [-0.15, -0.1) is 11.3 Å². The number of nitrogens with zero attached hydrogens (tertiary/aromatic N) is 1. The molecule has 0 saturated heterocycles. The Morgan fingerprint density at radius 1 is 1.35 bits per heavy atom. The monoisotopic (exact) mass is 377 g/mol. The van der Waals surface area contributed by atoms with E-state index in [1.54, 1.807) is 10.4 Å². The molecular weight excluding hydrogens is 358 g/mol. The van der Waals surface area contributed by atoms with Crippen molar-refractivity contribution in [1.29, 1.82) is 0 Å². The molecule has 20 heavy (non-hydrogen) atoms. The van der Waals surface area contributed by atoms with Gasteiger partial charge < -0.3 is 0 Å². The molecule has 0 bridgehead atoms. The second-order valence-corrected chi connectivity index (χ2v) is 10.6. The Morgan fingerprint density at radius 3 is 2.40 bits per heavy atom. The number of thiophene rings is 1. The normalized spacial score (nSPS) is 18.1. The van der Waals surface area contributed by atoms with Crippen molar-refractivity contribution in [1.82, 2.24) is 4.31 Å². The topological polar surface area (TPSA) is 37.4 Å². The maximum Gasteiger partial charge on any atom is 0.252 e. The molecule has 0 atom stereocenters. The summed E-state index contributed by atoms with van der Waals surface area (Å²) in [7, 11) is -3.36. The van der Waals surface area contributed by atoms with Gasteiger partial charge in [0.2, 0.25) is 0 Å². The predicted molar refractivity (Wildman–Crippen MR) is 87.7 cm³/mol. The fourth-order valence-corrected chi connectivity index (χ4v) is 6.00. The fourth-order valence-electron chi connectivity index (χ4n) is 2.24. The molecule has 0 fully saturated rings. The second-order valence-electron chi connectivity index (χ2n) is 6.11. The third kappa shape index (κ3) is 3.18. The first-order valence-corrected chi connectivity index (χ1v) is 9.63. The summed E-state index contributed by atoms with van der Waals surface area (Å²) in [5.74, 6) is 0. The predicted octanol–water partition coefficient (Wildman–Crippen LogP) is 4.19. The summed E-state index contributed by atoms with van der Waals surface area (Å²) in [6, 6.07) is 1.74. The smallest absolute Gasteiger partial charge is 0.206 e. The molecular formula is C14H20BrNO2S2. The van der Waals surface area contributed by atoms with Crippen molar-refractivity contribution >= 4 is 37.3 Å². The molecule has 0 aromatic carbocycles. The Balaban J connectivity index is 2.24. The maximum atomic E-state index is 12.6. The van der Waals surface area contributed by atoms with Gasteiger partial charge in [0.15, 0.2) is 0 Å². The first kappa shape index (κ1) is 16.2. The average molecular weight is 378 g/mol. The molecule has 0 spiro atoms. The van der Waals surface area contributed by atoms with E-state index in [0.29, 0.717) is 17.3 Å². The van der Waals surface area contributed by atoms with Crippen LogP contribution in [0.5, 0.6) is 0 Å². The van der Waals surface area contributed by atoms with Gasteiger partial charge in [-0.25, -0.2) is 8.42 Å². The summed E-state index contributed by atoms with van der Waals surface area (Å²) >= 11 is 4.68. The van der Waals surface area contributed by atoms with Crippen LogP contribution in [0.4, 0.5) is 0 Å². The van der Waals surface area contributed by atoms with Crippen molar-refractivity contribution in [3.63, 3.8) is 0 Å². The Morgan fingerprint density at radius 2 is 2.00 bits per heavy atom. The molecule has 3 nitrogen and oxygen atoms in total. The van der Waals surface area contributed by atoms with Gasteiger partial charge in [0.05, 0.1) is 3.79 Å². The minimum Gasteiger partial charge on any atom is -0.206 e. The number of hydrogen-bond acceptors (Lipinski definition) is 3. The molecule has 1 aliphatic heterocycles. The van der Waals surface area contributed by atoms with Gasteiger partial charge in [-0.1, -0.05) is 32.4 Å². The first-order valence-electron chi connectivity index (χ1n) is 6.58. The van der Waals surface area contributed by atoms with Crippen molar-refractivity contribution in [2.24, 2.45) is 5.41 Å². The van der Waals surface area contributed by atoms with Crippen molar-refractivity contribution in [2.75, 3.05) is 13.1 Å². The number of halogens is 1. The SMILES string of the molecule is Cc1cc(S(=O)(=O)N2CC=C(C(C)(C)C)CC2)sc1Br. The van der Waals surface area contributed by atoms with Gasteiger partial charge in [-0.05, 0) is 46.3 Å². The zero-order valence-electron chi connectivity index (χ0n) is 12.2. The van der Waals surface area contributed by atoms with Crippen LogP contribution in [-0.2, 0) is 10.0 Å². The van der Waals surface area contributed by atoms with E-state index in [4.69, 9.17) is 0 Å². The molecule has 6 heteroatoms. The quantitative estimate of drug-likeness (QED) is 0.724. The van der Waals surface area contributed by atoms with Crippen LogP contribution in [0.25, 0.3) is 0 Å². The van der Waals surface area contributed by atoms with E-state index in [1.165, 1.54) is 16.9 Å². The lowest BCUT2D eigenvalue weighted by atomic mass is 9.83. The molecule has 1 aromatic heterocycles. The van der Waals surface area contributed by atoms with Crippen LogP contribution in [0, 0.1) is 12.3 Å². The number of aryl methyl sites for hydroxylation is 1. The lowest BCUT2D eigenvalue weighted by Gasteiger charge is -2.31. The van der Waals surface area contributed by atoms with Crippen LogP contribution in [0.2, 0.25) is 0 Å². The summed E-state index contributed by atoms with van der Waals surface area (Å²) in [5.41, 5.74) is 2.43. The summed E-state index contributed by atoms with van der Waals surface area (Å²) in [5, 5.41) is 0. The lowest BCUT2D eigenvalue weighted by molar-refractivity contribution is 0.390. The van der Waals surface area contributed by atoms with Crippen LogP contribution in [-0.4, -0.2) is 25.8 Å². The third-order valence-electron chi connectivity index (χ3n) is 3.56. The zero-order chi connectivity index (χ0) is 15.1. The molecule has 0 unspecified atom stereocenters. The molecule has 0 radical (unpaired) electrons. The van der Waals surface area contributed by atoms with E-state index in [9.17, 15) is 8.42 Å². The summed E-state index contributed by atoms with van der Waals surface area (Å²) < 4.78 is 28.1. The van der Waals surface area contributed by atoms with Crippen molar-refractivity contribution < 1.29 is 8.42 Å². The lowest BCUT2D eigenvalue weighted by Crippen LogP contribution is -2.36. The van der Waals surface area contributed by atoms with E-state index in [-0.39, 0.29) is 5.41 Å². The van der Waals surface area contributed by atoms with Crippen LogP contribution >= 0.6 is 27.3 Å². The summed E-state index contributed by atoms with van der Waals surface area (Å²) in [6.45, 7) is 9.46. The largest absolute Gasteiger partial charge is 0.252 e. The highest BCUT2D eigenvalue weighted by Gasteiger charge is 2.30. The van der Waals surface area contributed by atoms with Gasteiger partial charge >= 0.3 is 0 Å². The van der Waals surface area contributed by atoms with Crippen LogP contribution < -0.4 is 0 Å². The fraction of sp³-hybridized carbons (Fsp3) is 0.571. The molecule has 0 aliphatic carbocycles. The van der Waals surface area contributed by atoms with Crippen molar-refractivity contribution in [3.8, 4) is 0 Å². The molecule has 2 heterocycles. The molecule has 0 N–H and O–H groups in total. The van der Waals surface area contributed by atoms with Gasteiger partial charge in [0.25, 0.3) is 10.0 Å². The van der Waals surface area contributed by atoms with Gasteiger partial charge in [-0.2, -0.15) is 4.31 Å². The average Bonchev–Trinajstić information content (AvgIpc) is 2.69. The van der Waals surface area contributed by atoms with Crippen molar-refractivity contribution in [2.45, 2.75) is 38.3 Å². The number of sulfonamides is 1. The van der Waals surface area contributed by atoms with E-state index < -0.39 is 10.0 Å². The molecule has 0 saturated carbocycles.